The summed E-state index contributed by atoms with van der Waals surface area (Å²) in [6.45, 7) is 9.21. The number of rotatable bonds is 7. The summed E-state index contributed by atoms with van der Waals surface area (Å²) >= 11 is 6.29. The van der Waals surface area contributed by atoms with E-state index < -0.39 is 0 Å². The van der Waals surface area contributed by atoms with Crippen LogP contribution >= 0.6 is 35.6 Å². The van der Waals surface area contributed by atoms with Gasteiger partial charge in [-0.3, -0.25) is 4.99 Å². The van der Waals surface area contributed by atoms with E-state index in [9.17, 15) is 0 Å². The second kappa shape index (κ2) is 11.1. The van der Waals surface area contributed by atoms with Gasteiger partial charge in [-0.2, -0.15) is 0 Å². The van der Waals surface area contributed by atoms with Crippen molar-refractivity contribution < 1.29 is 4.74 Å². The molecule has 0 radical (unpaired) electrons. The third-order valence-corrected chi connectivity index (χ3v) is 3.51. The van der Waals surface area contributed by atoms with E-state index in [1.807, 2.05) is 25.1 Å². The van der Waals surface area contributed by atoms with Gasteiger partial charge in [-0.1, -0.05) is 43.6 Å². The summed E-state index contributed by atoms with van der Waals surface area (Å²) in [7, 11) is 1.69. The zero-order valence-electron chi connectivity index (χ0n) is 13.8. The van der Waals surface area contributed by atoms with Crippen LogP contribution in [0.15, 0.2) is 29.3 Å². The molecule has 1 aromatic carbocycles. The number of aliphatic imine (C=N–C) groups is 1. The standard InChI is InChI=1S/C16H26ClN3O.HI/c1-5-18-15(19-10-11-21-4)20-12-16(2,3)13-8-6-7-9-14(13)17;/h6-9H,5,10-12H2,1-4H3,(H2,18,19,20);1H. The smallest absolute Gasteiger partial charge is 0.191 e. The molecule has 0 fully saturated rings. The van der Waals surface area contributed by atoms with Gasteiger partial charge >= 0.3 is 0 Å². The molecule has 6 heteroatoms. The summed E-state index contributed by atoms with van der Waals surface area (Å²) in [4.78, 5) is 4.65. The molecule has 0 bridgehead atoms. The molecular formula is C16H27ClIN3O. The number of hydrogen-bond donors (Lipinski definition) is 2. The fraction of sp³-hybridized carbons (Fsp3) is 0.562. The van der Waals surface area contributed by atoms with Crippen molar-refractivity contribution in [1.29, 1.82) is 0 Å². The molecule has 0 saturated heterocycles. The van der Waals surface area contributed by atoms with Gasteiger partial charge in [-0.15, -0.1) is 24.0 Å². The highest BCUT2D eigenvalue weighted by molar-refractivity contribution is 14.0. The molecule has 0 aliphatic carbocycles. The molecule has 0 aliphatic heterocycles. The highest BCUT2D eigenvalue weighted by Crippen LogP contribution is 2.29. The van der Waals surface area contributed by atoms with Crippen molar-refractivity contribution >= 4 is 41.5 Å². The molecule has 0 unspecified atom stereocenters. The van der Waals surface area contributed by atoms with Gasteiger partial charge in [-0.25, -0.2) is 0 Å². The van der Waals surface area contributed by atoms with E-state index >= 15 is 0 Å². The molecule has 1 rings (SSSR count). The SMILES string of the molecule is CCNC(=NCC(C)(C)c1ccccc1Cl)NCCOC.I. The Labute approximate surface area is 156 Å². The molecule has 0 spiro atoms. The van der Waals surface area contributed by atoms with E-state index in [1.165, 1.54) is 0 Å². The number of ether oxygens (including phenoxy) is 1. The first kappa shape index (κ1) is 21.5. The summed E-state index contributed by atoms with van der Waals surface area (Å²) in [5.74, 6) is 0.801. The molecule has 22 heavy (non-hydrogen) atoms. The van der Waals surface area contributed by atoms with Crippen molar-refractivity contribution in [2.45, 2.75) is 26.2 Å². The molecule has 0 saturated carbocycles. The van der Waals surface area contributed by atoms with Crippen molar-refractivity contribution in [2.75, 3.05) is 33.4 Å². The van der Waals surface area contributed by atoms with Gasteiger partial charge in [-0.05, 0) is 18.6 Å². The van der Waals surface area contributed by atoms with Crippen LogP contribution in [-0.2, 0) is 10.2 Å². The Morgan fingerprint density at radius 2 is 1.95 bits per heavy atom. The lowest BCUT2D eigenvalue weighted by Gasteiger charge is -2.25. The minimum Gasteiger partial charge on any atom is -0.383 e. The second-order valence-corrected chi connectivity index (χ2v) is 5.89. The lowest BCUT2D eigenvalue weighted by atomic mass is 9.85. The fourth-order valence-electron chi connectivity index (χ4n) is 1.99. The third kappa shape index (κ3) is 7.15. The maximum absolute atomic E-state index is 6.29. The predicted octanol–water partition coefficient (Wildman–Crippen LogP) is 3.44. The van der Waals surface area contributed by atoms with Gasteiger partial charge in [0.05, 0.1) is 13.2 Å². The lowest BCUT2D eigenvalue weighted by molar-refractivity contribution is 0.203. The van der Waals surface area contributed by atoms with Crippen LogP contribution in [0.5, 0.6) is 0 Å². The molecule has 0 atom stereocenters. The molecule has 0 aromatic heterocycles. The van der Waals surface area contributed by atoms with Crippen molar-refractivity contribution in [1.82, 2.24) is 10.6 Å². The molecular weight excluding hydrogens is 413 g/mol. The van der Waals surface area contributed by atoms with Crippen LogP contribution in [0.4, 0.5) is 0 Å². The Hall–Kier alpha value is -0.530. The maximum atomic E-state index is 6.29. The van der Waals surface area contributed by atoms with E-state index in [2.05, 4.69) is 35.5 Å². The number of halogens is 2. The minimum atomic E-state index is -0.123. The Balaban J connectivity index is 0.00000441. The lowest BCUT2D eigenvalue weighted by Crippen LogP contribution is -2.40. The monoisotopic (exact) mass is 439 g/mol. The third-order valence-electron chi connectivity index (χ3n) is 3.18. The zero-order chi connectivity index (χ0) is 15.7. The maximum Gasteiger partial charge on any atom is 0.191 e. The zero-order valence-corrected chi connectivity index (χ0v) is 16.9. The van der Waals surface area contributed by atoms with Crippen LogP contribution in [0.25, 0.3) is 0 Å². The average molecular weight is 440 g/mol. The molecule has 0 aliphatic rings. The number of nitrogens with zero attached hydrogens (tertiary/aromatic N) is 1. The Morgan fingerprint density at radius 3 is 2.55 bits per heavy atom. The van der Waals surface area contributed by atoms with Crippen LogP contribution in [-0.4, -0.2) is 39.3 Å². The van der Waals surface area contributed by atoms with Gasteiger partial charge in [0.25, 0.3) is 0 Å². The highest BCUT2D eigenvalue weighted by atomic mass is 127. The number of methoxy groups -OCH3 is 1. The van der Waals surface area contributed by atoms with Crippen molar-refractivity contribution in [3.8, 4) is 0 Å². The summed E-state index contributed by atoms with van der Waals surface area (Å²) in [6.07, 6.45) is 0. The molecule has 2 N–H and O–H groups in total. The first-order valence-corrected chi connectivity index (χ1v) is 7.65. The fourth-order valence-corrected chi connectivity index (χ4v) is 2.38. The normalized spacial score (nSPS) is 11.8. The Morgan fingerprint density at radius 1 is 1.27 bits per heavy atom. The topological polar surface area (TPSA) is 45.7 Å². The Kier molecular flexibility index (Phi) is 10.8. The number of hydrogen-bond acceptors (Lipinski definition) is 2. The van der Waals surface area contributed by atoms with Crippen molar-refractivity contribution in [3.63, 3.8) is 0 Å². The van der Waals surface area contributed by atoms with Crippen LogP contribution < -0.4 is 10.6 Å². The molecule has 1 aromatic rings. The summed E-state index contributed by atoms with van der Waals surface area (Å²) in [5, 5.41) is 7.26. The van der Waals surface area contributed by atoms with Gasteiger partial charge in [0, 0.05) is 30.6 Å². The number of guanidine groups is 1. The molecule has 126 valence electrons. The van der Waals surface area contributed by atoms with Crippen LogP contribution in [0, 0.1) is 0 Å². The van der Waals surface area contributed by atoms with Crippen molar-refractivity contribution in [3.05, 3.63) is 34.9 Å². The summed E-state index contributed by atoms with van der Waals surface area (Å²) < 4.78 is 5.04. The van der Waals surface area contributed by atoms with Crippen LogP contribution in [0.2, 0.25) is 5.02 Å². The first-order chi connectivity index (χ1) is 10.0. The second-order valence-electron chi connectivity index (χ2n) is 5.48. The average Bonchev–Trinajstić information content (AvgIpc) is 2.45. The molecule has 4 nitrogen and oxygen atoms in total. The van der Waals surface area contributed by atoms with Gasteiger partial charge in [0.1, 0.15) is 0 Å². The summed E-state index contributed by atoms with van der Waals surface area (Å²) in [5.41, 5.74) is 0.991. The number of benzene rings is 1. The predicted molar refractivity (Wildman–Crippen MR) is 106 cm³/mol. The van der Waals surface area contributed by atoms with Crippen LogP contribution in [0.1, 0.15) is 26.3 Å². The van der Waals surface area contributed by atoms with E-state index in [0.717, 1.165) is 29.6 Å². The van der Waals surface area contributed by atoms with Gasteiger partial charge in [0.2, 0.25) is 0 Å². The molecule has 0 amide bonds. The highest BCUT2D eigenvalue weighted by Gasteiger charge is 2.22. The molecule has 0 heterocycles. The largest absolute Gasteiger partial charge is 0.383 e. The van der Waals surface area contributed by atoms with Crippen LogP contribution in [0.3, 0.4) is 0 Å². The van der Waals surface area contributed by atoms with E-state index in [0.29, 0.717) is 13.2 Å². The van der Waals surface area contributed by atoms with Gasteiger partial charge in [0.15, 0.2) is 5.96 Å². The quantitative estimate of drug-likeness (QED) is 0.296. The minimum absolute atomic E-state index is 0. The van der Waals surface area contributed by atoms with Crippen molar-refractivity contribution in [2.24, 2.45) is 4.99 Å². The van der Waals surface area contributed by atoms with E-state index in [4.69, 9.17) is 16.3 Å². The first-order valence-electron chi connectivity index (χ1n) is 7.27. The Bertz CT molecular complexity index is 466. The summed E-state index contributed by atoms with van der Waals surface area (Å²) in [6, 6.07) is 7.93. The van der Waals surface area contributed by atoms with E-state index in [-0.39, 0.29) is 29.4 Å². The van der Waals surface area contributed by atoms with Gasteiger partial charge < -0.3 is 15.4 Å². The van der Waals surface area contributed by atoms with E-state index in [1.54, 1.807) is 7.11 Å². The number of nitrogens with one attached hydrogen (secondary N) is 2.